The normalized spacial score (nSPS) is 22.6. The maximum atomic E-state index is 13.6. The van der Waals surface area contributed by atoms with Crippen LogP contribution in [0.15, 0.2) is 78.1 Å². The number of rotatable bonds is 6. The summed E-state index contributed by atoms with van der Waals surface area (Å²) >= 11 is 0. The van der Waals surface area contributed by atoms with Gasteiger partial charge in [0, 0.05) is 34.9 Å². The van der Waals surface area contributed by atoms with E-state index in [2.05, 4.69) is 24.0 Å². The number of allylic oxidation sites excluding steroid dienone is 2. The fraction of sp³-hybridized carbons (Fsp3) is 0.357. The first-order valence-corrected chi connectivity index (χ1v) is 11.5. The van der Waals surface area contributed by atoms with Crippen molar-refractivity contribution in [3.63, 3.8) is 0 Å². The zero-order chi connectivity index (χ0) is 23.5. The minimum atomic E-state index is -0.712. The first kappa shape index (κ1) is 22.8. The number of carbonyl (C=O) groups is 2. The van der Waals surface area contributed by atoms with Gasteiger partial charge in [-0.1, -0.05) is 69.0 Å². The van der Waals surface area contributed by atoms with E-state index in [9.17, 15) is 9.59 Å². The van der Waals surface area contributed by atoms with Crippen molar-refractivity contribution in [3.05, 3.63) is 89.3 Å². The van der Waals surface area contributed by atoms with Gasteiger partial charge in [0.1, 0.15) is 11.7 Å². The Balaban J connectivity index is 1.79. The van der Waals surface area contributed by atoms with Gasteiger partial charge in [-0.3, -0.25) is 9.59 Å². The highest BCUT2D eigenvalue weighted by molar-refractivity contribution is 6.01. The highest BCUT2D eigenvalue weighted by Gasteiger charge is 2.46. The number of hydrogen-bond acceptors (Lipinski definition) is 5. The Morgan fingerprint density at radius 2 is 1.79 bits per heavy atom. The van der Waals surface area contributed by atoms with Crippen molar-refractivity contribution in [2.24, 2.45) is 11.8 Å². The molecule has 1 heterocycles. The maximum absolute atomic E-state index is 13.6. The van der Waals surface area contributed by atoms with E-state index >= 15 is 0 Å². The molecular weight excluding hydrogens is 414 g/mol. The van der Waals surface area contributed by atoms with Crippen molar-refractivity contribution in [2.45, 2.75) is 38.5 Å². The van der Waals surface area contributed by atoms with Crippen molar-refractivity contribution < 1.29 is 19.1 Å². The van der Waals surface area contributed by atoms with Crippen LogP contribution >= 0.6 is 0 Å². The number of Topliss-reactive ketones (excluding diaryl/α,β-unsaturated/α-hetero) is 1. The third-order valence-corrected chi connectivity index (χ3v) is 6.40. The highest BCUT2D eigenvalue weighted by atomic mass is 16.5. The molecule has 1 aliphatic heterocycles. The SMILES string of the molecule is C=C1NC2=C(C(=O)CC(c3ccccc3)C2)C(c2ccccc2OC)C1C(=O)OCC(C)C. The molecule has 2 aliphatic rings. The molecule has 0 fully saturated rings. The quantitative estimate of drug-likeness (QED) is 0.626. The second kappa shape index (κ2) is 9.65. The van der Waals surface area contributed by atoms with Crippen molar-refractivity contribution >= 4 is 11.8 Å². The van der Waals surface area contributed by atoms with E-state index in [0.29, 0.717) is 36.5 Å². The van der Waals surface area contributed by atoms with Crippen LogP contribution in [0.25, 0.3) is 0 Å². The fourth-order valence-electron chi connectivity index (χ4n) is 4.89. The van der Waals surface area contributed by atoms with E-state index in [1.807, 2.05) is 56.3 Å². The van der Waals surface area contributed by atoms with Crippen LogP contribution in [0.1, 0.15) is 49.7 Å². The van der Waals surface area contributed by atoms with Gasteiger partial charge in [-0.25, -0.2) is 0 Å². The average molecular weight is 446 g/mol. The number of nitrogens with one attached hydrogen (secondary N) is 1. The molecule has 5 nitrogen and oxygen atoms in total. The molecule has 0 saturated heterocycles. The fourth-order valence-corrected chi connectivity index (χ4v) is 4.89. The second-order valence-corrected chi connectivity index (χ2v) is 9.20. The lowest BCUT2D eigenvalue weighted by molar-refractivity contribution is -0.149. The molecule has 0 saturated carbocycles. The van der Waals surface area contributed by atoms with Crippen LogP contribution < -0.4 is 10.1 Å². The molecule has 0 radical (unpaired) electrons. The Kier molecular flexibility index (Phi) is 6.68. The Morgan fingerprint density at radius 3 is 2.48 bits per heavy atom. The summed E-state index contributed by atoms with van der Waals surface area (Å²) in [6, 6.07) is 17.7. The van der Waals surface area contributed by atoms with Crippen LogP contribution in [0.5, 0.6) is 5.75 Å². The molecular formula is C28H31NO4. The number of esters is 1. The zero-order valence-corrected chi connectivity index (χ0v) is 19.5. The van der Waals surface area contributed by atoms with E-state index in [1.165, 1.54) is 0 Å². The third kappa shape index (κ3) is 4.58. The molecule has 3 unspecified atom stereocenters. The summed E-state index contributed by atoms with van der Waals surface area (Å²) in [5.74, 6) is -0.612. The summed E-state index contributed by atoms with van der Waals surface area (Å²) < 4.78 is 11.3. The summed E-state index contributed by atoms with van der Waals surface area (Å²) in [5.41, 5.74) is 3.98. The summed E-state index contributed by atoms with van der Waals surface area (Å²) in [7, 11) is 1.60. The number of ether oxygens (including phenoxy) is 2. The lowest BCUT2D eigenvalue weighted by atomic mass is 9.69. The van der Waals surface area contributed by atoms with E-state index in [1.54, 1.807) is 7.11 Å². The van der Waals surface area contributed by atoms with Crippen molar-refractivity contribution in [1.29, 1.82) is 0 Å². The van der Waals surface area contributed by atoms with Gasteiger partial charge in [-0.05, 0) is 29.9 Å². The second-order valence-electron chi connectivity index (χ2n) is 9.20. The predicted octanol–water partition coefficient (Wildman–Crippen LogP) is 5.11. The van der Waals surface area contributed by atoms with E-state index in [-0.39, 0.29) is 23.6 Å². The van der Waals surface area contributed by atoms with E-state index in [4.69, 9.17) is 9.47 Å². The van der Waals surface area contributed by atoms with Crippen molar-refractivity contribution in [1.82, 2.24) is 5.32 Å². The van der Waals surface area contributed by atoms with Crippen LogP contribution in [0.3, 0.4) is 0 Å². The van der Waals surface area contributed by atoms with Crippen LogP contribution in [0, 0.1) is 11.8 Å². The van der Waals surface area contributed by atoms with Gasteiger partial charge in [0.15, 0.2) is 5.78 Å². The maximum Gasteiger partial charge on any atom is 0.315 e. The Morgan fingerprint density at radius 1 is 1.09 bits per heavy atom. The number of ketones is 1. The van der Waals surface area contributed by atoms with Gasteiger partial charge in [-0.15, -0.1) is 0 Å². The molecule has 0 amide bonds. The molecule has 1 N–H and O–H groups in total. The number of hydrogen-bond donors (Lipinski definition) is 1. The lowest BCUT2D eigenvalue weighted by Crippen LogP contribution is -2.42. The molecule has 1 aliphatic carbocycles. The van der Waals surface area contributed by atoms with Crippen LogP contribution in [-0.4, -0.2) is 25.5 Å². The summed E-state index contributed by atoms with van der Waals surface area (Å²) in [6.45, 7) is 8.50. The largest absolute Gasteiger partial charge is 0.496 e. The van der Waals surface area contributed by atoms with Gasteiger partial charge in [-0.2, -0.15) is 0 Å². The number of carbonyl (C=O) groups excluding carboxylic acids is 2. The molecule has 0 bridgehead atoms. The zero-order valence-electron chi connectivity index (χ0n) is 19.5. The summed E-state index contributed by atoms with van der Waals surface area (Å²) in [6.07, 6.45) is 1.08. The molecule has 0 aromatic heterocycles. The number of methoxy groups -OCH3 is 1. The van der Waals surface area contributed by atoms with Gasteiger partial charge in [0.25, 0.3) is 0 Å². The van der Waals surface area contributed by atoms with Gasteiger partial charge >= 0.3 is 5.97 Å². The monoisotopic (exact) mass is 445 g/mol. The standard InChI is InChI=1S/C28H31NO4/c1-17(2)16-33-28(31)25-18(3)29-22-14-20(19-10-6-5-7-11-19)15-23(30)27(22)26(25)21-12-8-9-13-24(21)32-4/h5-13,17,20,25-26,29H,3,14-16H2,1-2,4H3. The molecule has 4 rings (SSSR count). The highest BCUT2D eigenvalue weighted by Crippen LogP contribution is 2.49. The minimum Gasteiger partial charge on any atom is -0.496 e. The van der Waals surface area contributed by atoms with Crippen LogP contribution in [0.2, 0.25) is 0 Å². The van der Waals surface area contributed by atoms with Gasteiger partial charge < -0.3 is 14.8 Å². The van der Waals surface area contributed by atoms with Gasteiger partial charge in [0.2, 0.25) is 0 Å². The molecule has 3 atom stereocenters. The topological polar surface area (TPSA) is 64.6 Å². The van der Waals surface area contributed by atoms with E-state index in [0.717, 1.165) is 16.8 Å². The smallest absolute Gasteiger partial charge is 0.315 e. The Bertz CT molecular complexity index is 1090. The number of para-hydroxylation sites is 1. The van der Waals surface area contributed by atoms with Crippen LogP contribution in [-0.2, 0) is 14.3 Å². The first-order chi connectivity index (χ1) is 15.9. The van der Waals surface area contributed by atoms with Crippen molar-refractivity contribution in [3.8, 4) is 5.75 Å². The Labute approximate surface area is 195 Å². The number of benzene rings is 2. The van der Waals surface area contributed by atoms with Gasteiger partial charge in [0.05, 0.1) is 13.7 Å². The predicted molar refractivity (Wildman–Crippen MR) is 128 cm³/mol. The molecule has 172 valence electrons. The summed E-state index contributed by atoms with van der Waals surface area (Å²) in [4.78, 5) is 26.9. The first-order valence-electron chi connectivity index (χ1n) is 11.5. The Hall–Kier alpha value is -3.34. The average Bonchev–Trinajstić information content (AvgIpc) is 2.82. The van der Waals surface area contributed by atoms with E-state index < -0.39 is 11.8 Å². The molecule has 0 spiro atoms. The molecule has 2 aromatic carbocycles. The lowest BCUT2D eigenvalue weighted by Gasteiger charge is -2.40. The molecule has 33 heavy (non-hydrogen) atoms. The summed E-state index contributed by atoms with van der Waals surface area (Å²) in [5, 5.41) is 3.33. The molecule has 2 aromatic rings. The van der Waals surface area contributed by atoms with Crippen LogP contribution in [0.4, 0.5) is 0 Å². The third-order valence-electron chi connectivity index (χ3n) is 6.40. The van der Waals surface area contributed by atoms with Crippen molar-refractivity contribution in [2.75, 3.05) is 13.7 Å². The minimum absolute atomic E-state index is 0.0441. The molecule has 5 heteroatoms.